The maximum absolute atomic E-state index is 12.3. The van der Waals surface area contributed by atoms with Gasteiger partial charge in [-0.3, -0.25) is 4.79 Å². The van der Waals surface area contributed by atoms with Crippen LogP contribution in [0.1, 0.15) is 29.2 Å². The molecule has 5 nitrogen and oxygen atoms in total. The smallest absolute Gasteiger partial charge is 0.336 e. The number of halogens is 7. The Morgan fingerprint density at radius 3 is 1.73 bits per heavy atom. The summed E-state index contributed by atoms with van der Waals surface area (Å²) < 4.78 is 74.3. The lowest BCUT2D eigenvalue weighted by molar-refractivity contribution is -0.141. The van der Waals surface area contributed by atoms with Gasteiger partial charge in [-0.15, -0.1) is 0 Å². The molecule has 0 fully saturated rings. The summed E-state index contributed by atoms with van der Waals surface area (Å²) in [7, 11) is 0. The van der Waals surface area contributed by atoms with Gasteiger partial charge in [-0.2, -0.15) is 26.3 Å². The number of hydrogen-bond donors (Lipinski definition) is 2. The van der Waals surface area contributed by atoms with Gasteiger partial charge in [0.25, 0.3) is 0 Å². The van der Waals surface area contributed by atoms with E-state index in [2.05, 4.69) is 35.9 Å². The Morgan fingerprint density at radius 1 is 0.800 bits per heavy atom. The fraction of sp³-hybridized carbons (Fsp3) is 0.167. The third-order valence-corrected chi connectivity index (χ3v) is 4.11. The number of alkyl halides is 6. The van der Waals surface area contributed by atoms with E-state index in [1.165, 1.54) is 18.5 Å². The minimum atomic E-state index is -4.43. The average Bonchev–Trinajstić information content (AvgIpc) is 3.24. The van der Waals surface area contributed by atoms with Gasteiger partial charge < -0.3 is 9.97 Å². The van der Waals surface area contributed by atoms with Crippen molar-refractivity contribution >= 4 is 44.3 Å². The zero-order chi connectivity index (χ0) is 21.4. The summed E-state index contributed by atoms with van der Waals surface area (Å²) in [6.07, 6.45) is -5.59. The van der Waals surface area contributed by atoms with Crippen molar-refractivity contribution in [2.75, 3.05) is 0 Å². The number of aldehydes is 1. The van der Waals surface area contributed by atoms with Crippen LogP contribution in [0.2, 0.25) is 0 Å². The molecule has 0 aromatic carbocycles. The van der Waals surface area contributed by atoms with E-state index in [1.807, 2.05) is 0 Å². The van der Waals surface area contributed by atoms with Gasteiger partial charge in [-0.1, -0.05) is 7.43 Å². The lowest BCUT2D eigenvalue weighted by Crippen LogP contribution is -2.04. The minimum absolute atomic E-state index is 0. The fourth-order valence-corrected chi connectivity index (χ4v) is 2.74. The summed E-state index contributed by atoms with van der Waals surface area (Å²) in [6, 6.07) is 4.89. The maximum atomic E-state index is 12.3. The highest BCUT2D eigenvalue weighted by atomic mass is 79.9. The van der Waals surface area contributed by atoms with Gasteiger partial charge >= 0.3 is 12.4 Å². The van der Waals surface area contributed by atoms with Gasteiger partial charge in [-0.25, -0.2) is 9.97 Å². The highest BCUT2D eigenvalue weighted by Crippen LogP contribution is 2.31. The Kier molecular flexibility index (Phi) is 6.60. The predicted molar refractivity (Wildman–Crippen MR) is 102 cm³/mol. The first-order chi connectivity index (χ1) is 13.5. The number of fused-ring (bicyclic) bond motifs is 2. The Hall–Kier alpha value is -2.89. The van der Waals surface area contributed by atoms with E-state index in [1.54, 1.807) is 6.07 Å². The number of pyridine rings is 2. The van der Waals surface area contributed by atoms with Crippen LogP contribution < -0.4 is 0 Å². The highest BCUT2D eigenvalue weighted by Gasteiger charge is 2.33. The van der Waals surface area contributed by atoms with E-state index >= 15 is 0 Å². The molecule has 0 saturated carbocycles. The molecule has 4 aromatic heterocycles. The molecule has 4 heterocycles. The Bertz CT molecular complexity index is 1180. The van der Waals surface area contributed by atoms with Crippen molar-refractivity contribution in [3.05, 3.63) is 58.1 Å². The van der Waals surface area contributed by atoms with Crippen molar-refractivity contribution in [2.45, 2.75) is 19.8 Å². The van der Waals surface area contributed by atoms with Crippen molar-refractivity contribution in [2.24, 2.45) is 0 Å². The molecular weight excluding hydrogens is 482 g/mol. The van der Waals surface area contributed by atoms with E-state index in [0.29, 0.717) is 16.1 Å². The van der Waals surface area contributed by atoms with Crippen molar-refractivity contribution in [1.82, 2.24) is 19.9 Å². The van der Waals surface area contributed by atoms with Gasteiger partial charge in [0.1, 0.15) is 22.7 Å². The number of hydrogen-bond acceptors (Lipinski definition) is 3. The first kappa shape index (κ1) is 23.4. The zero-order valence-electron chi connectivity index (χ0n) is 14.0. The first-order valence-electron chi connectivity index (χ1n) is 7.70. The Balaban J connectivity index is 0.000000207. The molecule has 0 amide bonds. The topological polar surface area (TPSA) is 74.4 Å². The van der Waals surface area contributed by atoms with E-state index in [-0.39, 0.29) is 29.7 Å². The molecule has 4 rings (SSSR count). The van der Waals surface area contributed by atoms with Gasteiger partial charge in [0.15, 0.2) is 6.29 Å². The molecule has 0 radical (unpaired) electrons. The molecule has 0 aliphatic carbocycles. The molecular formula is C18H13BrF6N4O. The normalized spacial score (nSPS) is 11.7. The zero-order valence-corrected chi connectivity index (χ0v) is 15.6. The van der Waals surface area contributed by atoms with Gasteiger partial charge in [0.2, 0.25) is 0 Å². The monoisotopic (exact) mass is 494 g/mol. The third-order valence-electron chi connectivity index (χ3n) is 3.67. The lowest BCUT2D eigenvalue weighted by atomic mass is 10.2. The van der Waals surface area contributed by atoms with Gasteiger partial charge in [0, 0.05) is 33.2 Å². The first-order valence-corrected chi connectivity index (χ1v) is 8.49. The summed E-state index contributed by atoms with van der Waals surface area (Å²) in [5.74, 6) is 0. The minimum Gasteiger partial charge on any atom is -0.336 e. The Morgan fingerprint density at radius 2 is 1.27 bits per heavy atom. The SMILES string of the molecule is C.FC(F)(F)c1cc2cc(Br)cnc2[nH]1.O=Cc1cnc2[nH]c(C(F)(F)F)cc2c1. The predicted octanol–water partition coefficient (Wildman–Crippen LogP) is 6.37. The number of carbonyl (C=O) groups is 1. The van der Waals surface area contributed by atoms with E-state index in [4.69, 9.17) is 0 Å². The lowest BCUT2D eigenvalue weighted by Gasteiger charge is -2.00. The van der Waals surface area contributed by atoms with Crippen LogP contribution in [0.15, 0.2) is 41.1 Å². The number of nitrogens with zero attached hydrogens (tertiary/aromatic N) is 2. The summed E-state index contributed by atoms with van der Waals surface area (Å²) >= 11 is 3.13. The van der Waals surface area contributed by atoms with Gasteiger partial charge in [-0.05, 0) is 40.2 Å². The third kappa shape index (κ3) is 5.17. The second kappa shape index (κ2) is 8.46. The summed E-state index contributed by atoms with van der Waals surface area (Å²) in [4.78, 5) is 22.2. The Labute approximate surface area is 173 Å². The number of H-pyrrole nitrogens is 2. The van der Waals surface area contributed by atoms with Crippen LogP contribution in [0.4, 0.5) is 26.3 Å². The van der Waals surface area contributed by atoms with Crippen molar-refractivity contribution in [1.29, 1.82) is 0 Å². The molecule has 0 aliphatic rings. The number of aromatic nitrogens is 4. The molecule has 2 N–H and O–H groups in total. The van der Waals surface area contributed by atoms with E-state index in [9.17, 15) is 31.1 Å². The van der Waals surface area contributed by atoms with Crippen molar-refractivity contribution in [3.63, 3.8) is 0 Å². The summed E-state index contributed by atoms with van der Waals surface area (Å²) in [5.41, 5.74) is -1.05. The van der Waals surface area contributed by atoms with Crippen molar-refractivity contribution in [3.8, 4) is 0 Å². The molecule has 12 heteroatoms. The van der Waals surface area contributed by atoms with Crippen LogP contribution in [0.3, 0.4) is 0 Å². The highest BCUT2D eigenvalue weighted by molar-refractivity contribution is 9.10. The fourth-order valence-electron chi connectivity index (χ4n) is 2.39. The molecule has 160 valence electrons. The largest absolute Gasteiger partial charge is 0.431 e. The second-order valence-corrected chi connectivity index (χ2v) is 6.69. The van der Waals surface area contributed by atoms with Crippen LogP contribution in [0.5, 0.6) is 0 Å². The average molecular weight is 495 g/mol. The van der Waals surface area contributed by atoms with Crippen LogP contribution in [0, 0.1) is 0 Å². The molecule has 0 aliphatic heterocycles. The molecule has 0 unspecified atom stereocenters. The molecule has 4 aromatic rings. The quantitative estimate of drug-likeness (QED) is 0.238. The molecule has 0 saturated heterocycles. The van der Waals surface area contributed by atoms with E-state index < -0.39 is 23.7 Å². The van der Waals surface area contributed by atoms with Crippen LogP contribution in [-0.4, -0.2) is 26.2 Å². The molecule has 0 bridgehead atoms. The van der Waals surface area contributed by atoms with Crippen LogP contribution in [-0.2, 0) is 12.4 Å². The molecule has 30 heavy (non-hydrogen) atoms. The van der Waals surface area contributed by atoms with Crippen molar-refractivity contribution < 1.29 is 31.1 Å². The number of rotatable bonds is 1. The molecule has 0 atom stereocenters. The number of aromatic amines is 2. The summed E-state index contributed by atoms with van der Waals surface area (Å²) in [5, 5.41) is 0.707. The number of nitrogens with one attached hydrogen (secondary N) is 2. The second-order valence-electron chi connectivity index (χ2n) is 5.78. The van der Waals surface area contributed by atoms with E-state index in [0.717, 1.165) is 12.1 Å². The standard InChI is InChI=1S/C9H5F3N2O.C8H4BrF3N2.CH4/c10-9(11,12)7-2-6-1-5(4-15)3-13-8(6)14-7;9-5-1-4-2-6(8(10,11)12)14-7(4)13-3-5;/h1-4H,(H,13,14);1-3H,(H,13,14);1H4. The number of carbonyl (C=O) groups excluding carboxylic acids is 1. The maximum Gasteiger partial charge on any atom is 0.431 e. The summed E-state index contributed by atoms with van der Waals surface area (Å²) in [6.45, 7) is 0. The van der Waals surface area contributed by atoms with Gasteiger partial charge in [0.05, 0.1) is 0 Å². The van der Waals surface area contributed by atoms with Crippen LogP contribution in [0.25, 0.3) is 22.1 Å². The molecule has 0 spiro atoms. The van der Waals surface area contributed by atoms with Crippen LogP contribution >= 0.6 is 15.9 Å².